The van der Waals surface area contributed by atoms with E-state index < -0.39 is 0 Å². The van der Waals surface area contributed by atoms with Crippen LogP contribution in [0, 0.1) is 0 Å². The highest BCUT2D eigenvalue weighted by atomic mass is 35.5. The van der Waals surface area contributed by atoms with Crippen molar-refractivity contribution in [1.29, 1.82) is 0 Å². The molecule has 0 spiro atoms. The molecule has 2 rings (SSSR count). The number of hydrazine groups is 1. The molecule has 3 heteroatoms. The maximum Gasteiger partial charge on any atom is 0.0492 e. The number of fused-ring (bicyclic) bond motifs is 2. The molecule has 0 aromatic carbocycles. The van der Waals surface area contributed by atoms with E-state index in [9.17, 15) is 0 Å². The summed E-state index contributed by atoms with van der Waals surface area (Å²) >= 11 is 6.09. The van der Waals surface area contributed by atoms with Gasteiger partial charge in [-0.1, -0.05) is 0 Å². The van der Waals surface area contributed by atoms with Gasteiger partial charge in [0.25, 0.3) is 0 Å². The van der Waals surface area contributed by atoms with E-state index in [-0.39, 0.29) is 0 Å². The maximum absolute atomic E-state index is 6.09. The van der Waals surface area contributed by atoms with Crippen LogP contribution in [0.5, 0.6) is 0 Å². The Morgan fingerprint density at radius 3 is 2.91 bits per heavy atom. The van der Waals surface area contributed by atoms with Gasteiger partial charge < -0.3 is 0 Å². The minimum Gasteiger partial charge on any atom is -0.251 e. The molecule has 0 amide bonds. The van der Waals surface area contributed by atoms with E-state index in [2.05, 4.69) is 24.3 Å². The molecule has 2 aliphatic heterocycles. The van der Waals surface area contributed by atoms with Gasteiger partial charge in [0.2, 0.25) is 0 Å². The van der Waals surface area contributed by atoms with Crippen molar-refractivity contribution in [2.24, 2.45) is 0 Å². The summed E-state index contributed by atoms with van der Waals surface area (Å²) < 4.78 is 0. The topological polar surface area (TPSA) is 15.3 Å². The highest BCUT2D eigenvalue weighted by molar-refractivity contribution is 6.20. The average molecular weight is 175 g/mol. The van der Waals surface area contributed by atoms with Crippen LogP contribution in [-0.2, 0) is 0 Å². The molecule has 1 unspecified atom stereocenters. The summed E-state index contributed by atoms with van der Waals surface area (Å²) in [5, 5.41) is 2.64. The molecule has 2 saturated heterocycles. The Morgan fingerprint density at radius 1 is 1.55 bits per heavy atom. The molecular weight excluding hydrogens is 160 g/mol. The van der Waals surface area contributed by atoms with Crippen LogP contribution in [0.25, 0.3) is 0 Å². The fourth-order valence-corrected chi connectivity index (χ4v) is 2.52. The predicted molar refractivity (Wildman–Crippen MR) is 46.6 cm³/mol. The SMILES string of the molecule is CC1(C)C[C@@H]2C[C@@H](Cl)CN1N2. The van der Waals surface area contributed by atoms with Gasteiger partial charge in [-0.05, 0) is 26.7 Å². The van der Waals surface area contributed by atoms with Crippen molar-refractivity contribution in [3.63, 3.8) is 0 Å². The first-order valence-corrected chi connectivity index (χ1v) is 4.69. The molecule has 2 bridgehead atoms. The fraction of sp³-hybridized carbons (Fsp3) is 1.00. The minimum absolute atomic E-state index is 0.314. The van der Waals surface area contributed by atoms with Crippen molar-refractivity contribution in [3.8, 4) is 0 Å². The first kappa shape index (κ1) is 7.84. The summed E-state index contributed by atoms with van der Waals surface area (Å²) in [7, 11) is 0. The van der Waals surface area contributed by atoms with E-state index in [4.69, 9.17) is 11.6 Å². The molecule has 2 nitrogen and oxygen atoms in total. The van der Waals surface area contributed by atoms with Gasteiger partial charge in [0, 0.05) is 23.5 Å². The second-order valence-corrected chi connectivity index (χ2v) is 4.90. The number of alkyl halides is 1. The molecule has 2 heterocycles. The van der Waals surface area contributed by atoms with Gasteiger partial charge in [0.05, 0.1) is 0 Å². The molecular formula is C8H15ClN2. The second kappa shape index (κ2) is 2.35. The van der Waals surface area contributed by atoms with Crippen LogP contribution in [0.1, 0.15) is 26.7 Å². The minimum atomic E-state index is 0.314. The van der Waals surface area contributed by atoms with Crippen LogP contribution < -0.4 is 5.43 Å². The molecule has 64 valence electrons. The van der Waals surface area contributed by atoms with Crippen LogP contribution in [0.4, 0.5) is 0 Å². The van der Waals surface area contributed by atoms with E-state index >= 15 is 0 Å². The van der Waals surface area contributed by atoms with Gasteiger partial charge in [-0.25, -0.2) is 5.01 Å². The monoisotopic (exact) mass is 174 g/mol. The average Bonchev–Trinajstić information content (AvgIpc) is 2.02. The zero-order chi connectivity index (χ0) is 8.06. The molecule has 0 aliphatic carbocycles. The lowest BCUT2D eigenvalue weighted by atomic mass is 9.98. The largest absolute Gasteiger partial charge is 0.251 e. The summed E-state index contributed by atoms with van der Waals surface area (Å²) in [5.74, 6) is 0. The summed E-state index contributed by atoms with van der Waals surface area (Å²) in [6.45, 7) is 5.54. The van der Waals surface area contributed by atoms with Crippen molar-refractivity contribution >= 4 is 11.6 Å². The van der Waals surface area contributed by atoms with Crippen molar-refractivity contribution in [2.45, 2.75) is 43.6 Å². The molecule has 1 N–H and O–H groups in total. The normalized spacial score (nSPS) is 47.7. The quantitative estimate of drug-likeness (QED) is 0.558. The first-order chi connectivity index (χ1) is 5.08. The number of nitrogens with one attached hydrogen (secondary N) is 1. The third-order valence-electron chi connectivity index (χ3n) is 2.74. The van der Waals surface area contributed by atoms with Gasteiger partial charge in [0.15, 0.2) is 0 Å². The van der Waals surface area contributed by atoms with Gasteiger partial charge in [-0.3, -0.25) is 5.43 Å². The third kappa shape index (κ3) is 1.28. The lowest BCUT2D eigenvalue weighted by Crippen LogP contribution is -2.51. The van der Waals surface area contributed by atoms with Crippen LogP contribution in [0.15, 0.2) is 0 Å². The van der Waals surface area contributed by atoms with Gasteiger partial charge in [-0.15, -0.1) is 11.6 Å². The number of halogens is 1. The van der Waals surface area contributed by atoms with Crippen molar-refractivity contribution in [2.75, 3.05) is 6.54 Å². The Hall–Kier alpha value is 0.210. The molecule has 2 fully saturated rings. The molecule has 0 aromatic rings. The van der Waals surface area contributed by atoms with Crippen molar-refractivity contribution < 1.29 is 0 Å². The number of nitrogens with zero attached hydrogens (tertiary/aromatic N) is 1. The maximum atomic E-state index is 6.09. The second-order valence-electron chi connectivity index (χ2n) is 4.29. The van der Waals surface area contributed by atoms with E-state index in [1.165, 1.54) is 6.42 Å². The summed E-state index contributed by atoms with van der Waals surface area (Å²) in [6.07, 6.45) is 2.36. The molecule has 0 aromatic heterocycles. The standard InChI is InChI=1S/C8H15ClN2/c1-8(2)4-7-3-6(9)5-11(8)10-7/h6-7,10H,3-5H2,1-2H3/t6-,7+/m1/s1. The van der Waals surface area contributed by atoms with Crippen LogP contribution in [-0.4, -0.2) is 28.5 Å². The smallest absolute Gasteiger partial charge is 0.0492 e. The van der Waals surface area contributed by atoms with Crippen molar-refractivity contribution in [3.05, 3.63) is 0 Å². The Bertz CT molecular complexity index is 169. The van der Waals surface area contributed by atoms with Crippen LogP contribution in [0.3, 0.4) is 0 Å². The van der Waals surface area contributed by atoms with E-state index in [0.717, 1.165) is 13.0 Å². The number of rotatable bonds is 0. The summed E-state index contributed by atoms with van der Waals surface area (Å²) in [6, 6.07) is 0.626. The Labute approximate surface area is 72.9 Å². The molecule has 3 atom stereocenters. The Kier molecular flexibility index (Phi) is 1.67. The highest BCUT2D eigenvalue weighted by Gasteiger charge is 2.42. The summed E-state index contributed by atoms with van der Waals surface area (Å²) in [5.41, 5.74) is 3.77. The number of hydrogen-bond donors (Lipinski definition) is 1. The number of hydrogen-bond acceptors (Lipinski definition) is 2. The third-order valence-corrected chi connectivity index (χ3v) is 3.05. The van der Waals surface area contributed by atoms with Crippen LogP contribution >= 0.6 is 11.6 Å². The lowest BCUT2D eigenvalue weighted by molar-refractivity contribution is 0.102. The zero-order valence-corrected chi connectivity index (χ0v) is 7.86. The molecule has 0 saturated carbocycles. The van der Waals surface area contributed by atoms with Gasteiger partial charge in [-0.2, -0.15) is 0 Å². The van der Waals surface area contributed by atoms with Crippen LogP contribution in [0.2, 0.25) is 0 Å². The predicted octanol–water partition coefficient (Wildman–Crippen LogP) is 1.35. The fourth-order valence-electron chi connectivity index (χ4n) is 2.17. The molecule has 2 aliphatic rings. The summed E-state index contributed by atoms with van der Waals surface area (Å²) in [4.78, 5) is 0. The molecule has 0 radical (unpaired) electrons. The van der Waals surface area contributed by atoms with Gasteiger partial charge >= 0.3 is 0 Å². The lowest BCUT2D eigenvalue weighted by Gasteiger charge is -2.33. The van der Waals surface area contributed by atoms with E-state index in [0.29, 0.717) is 17.0 Å². The Balaban J connectivity index is 2.14. The Morgan fingerprint density at radius 2 is 2.27 bits per heavy atom. The van der Waals surface area contributed by atoms with E-state index in [1.54, 1.807) is 0 Å². The van der Waals surface area contributed by atoms with Crippen molar-refractivity contribution in [1.82, 2.24) is 10.4 Å². The highest BCUT2D eigenvalue weighted by Crippen LogP contribution is 2.33. The van der Waals surface area contributed by atoms with Gasteiger partial charge in [0.1, 0.15) is 0 Å². The first-order valence-electron chi connectivity index (χ1n) is 4.26. The molecule has 11 heavy (non-hydrogen) atoms. The van der Waals surface area contributed by atoms with E-state index in [1.807, 2.05) is 0 Å². The zero-order valence-electron chi connectivity index (χ0n) is 7.10.